The number of anilines is 1. The lowest BCUT2D eigenvalue weighted by Gasteiger charge is -2.17. The Labute approximate surface area is 200 Å². The van der Waals surface area contributed by atoms with Crippen LogP contribution in [0.2, 0.25) is 0 Å². The molecule has 10 heteroatoms. The SMILES string of the molecule is CNC(=S)c1ccnc2c([C@@H](C)CNc3cc(-c4cnc5c(F)cnn5c4)ncn3)cccc12. The Morgan fingerprint density at radius 2 is 2.03 bits per heavy atom. The van der Waals surface area contributed by atoms with Crippen molar-refractivity contribution in [2.45, 2.75) is 12.8 Å². The quantitative estimate of drug-likeness (QED) is 0.359. The number of hydrogen-bond donors (Lipinski definition) is 2. The standard InChI is InChI=1S/C24H21FN8S/c1-14(16-4-3-5-17-18(24(34)26-2)6-7-27-22(16)17)9-28-21-8-20(30-13-31-21)15-10-29-23-19(25)11-32-33(23)12-15/h3-8,10-14H,9H2,1-2H3,(H,26,34)(H,28,30,31)/t14-/m0/s1. The third-order valence-corrected chi connectivity index (χ3v) is 6.09. The van der Waals surface area contributed by atoms with Crippen molar-refractivity contribution in [1.82, 2.24) is 34.9 Å². The van der Waals surface area contributed by atoms with E-state index in [0.717, 1.165) is 28.2 Å². The zero-order chi connectivity index (χ0) is 23.7. The van der Waals surface area contributed by atoms with Crippen molar-refractivity contribution in [3.05, 3.63) is 78.4 Å². The second kappa shape index (κ2) is 9.06. The number of thiocarbonyl (C=S) groups is 1. The molecule has 4 aromatic heterocycles. The van der Waals surface area contributed by atoms with E-state index >= 15 is 0 Å². The van der Waals surface area contributed by atoms with E-state index in [1.165, 1.54) is 10.8 Å². The third-order valence-electron chi connectivity index (χ3n) is 5.67. The zero-order valence-electron chi connectivity index (χ0n) is 18.5. The molecule has 0 spiro atoms. The van der Waals surface area contributed by atoms with Gasteiger partial charge in [0.2, 0.25) is 0 Å². The molecule has 0 saturated heterocycles. The second-order valence-electron chi connectivity index (χ2n) is 7.85. The van der Waals surface area contributed by atoms with Gasteiger partial charge in [-0.25, -0.2) is 23.9 Å². The fourth-order valence-electron chi connectivity index (χ4n) is 3.89. The van der Waals surface area contributed by atoms with E-state index in [-0.39, 0.29) is 11.6 Å². The maximum absolute atomic E-state index is 13.6. The number of hydrogen-bond acceptors (Lipinski definition) is 7. The highest BCUT2D eigenvalue weighted by Crippen LogP contribution is 2.27. The molecule has 0 radical (unpaired) electrons. The summed E-state index contributed by atoms with van der Waals surface area (Å²) in [5.41, 5.74) is 4.56. The molecule has 1 aromatic carbocycles. The van der Waals surface area contributed by atoms with Gasteiger partial charge in [0, 0.05) is 60.7 Å². The van der Waals surface area contributed by atoms with Gasteiger partial charge in [0.15, 0.2) is 11.5 Å². The summed E-state index contributed by atoms with van der Waals surface area (Å²) in [6.45, 7) is 2.78. The van der Waals surface area contributed by atoms with Gasteiger partial charge in [-0.1, -0.05) is 37.3 Å². The smallest absolute Gasteiger partial charge is 0.191 e. The van der Waals surface area contributed by atoms with E-state index in [4.69, 9.17) is 12.2 Å². The Morgan fingerprint density at radius 3 is 2.88 bits per heavy atom. The fourth-order valence-corrected chi connectivity index (χ4v) is 4.06. The Morgan fingerprint density at radius 1 is 1.15 bits per heavy atom. The molecule has 170 valence electrons. The Kier molecular flexibility index (Phi) is 5.81. The number of nitrogens with one attached hydrogen (secondary N) is 2. The Balaban J connectivity index is 1.37. The van der Waals surface area contributed by atoms with Gasteiger partial charge in [-0.2, -0.15) is 5.10 Å². The van der Waals surface area contributed by atoms with Crippen LogP contribution in [0, 0.1) is 5.82 Å². The molecule has 5 rings (SSSR count). The predicted molar refractivity (Wildman–Crippen MR) is 133 cm³/mol. The first-order valence-electron chi connectivity index (χ1n) is 10.7. The monoisotopic (exact) mass is 472 g/mol. The molecule has 0 saturated carbocycles. The van der Waals surface area contributed by atoms with Gasteiger partial charge in [-0.05, 0) is 11.6 Å². The van der Waals surface area contributed by atoms with Crippen molar-refractivity contribution in [1.29, 1.82) is 0 Å². The van der Waals surface area contributed by atoms with Crippen LogP contribution in [0.5, 0.6) is 0 Å². The van der Waals surface area contributed by atoms with E-state index < -0.39 is 5.82 Å². The minimum atomic E-state index is -0.464. The van der Waals surface area contributed by atoms with Gasteiger partial charge in [0.1, 0.15) is 17.1 Å². The lowest BCUT2D eigenvalue weighted by Crippen LogP contribution is -2.17. The first kappa shape index (κ1) is 21.8. The van der Waals surface area contributed by atoms with Crippen LogP contribution in [0.1, 0.15) is 24.0 Å². The number of fused-ring (bicyclic) bond motifs is 2. The average Bonchev–Trinajstić information content (AvgIpc) is 3.26. The number of aromatic nitrogens is 6. The van der Waals surface area contributed by atoms with E-state index in [9.17, 15) is 4.39 Å². The average molecular weight is 473 g/mol. The van der Waals surface area contributed by atoms with Crippen LogP contribution >= 0.6 is 12.2 Å². The molecule has 0 aliphatic heterocycles. The summed E-state index contributed by atoms with van der Waals surface area (Å²) in [5.74, 6) is 0.361. The zero-order valence-corrected chi connectivity index (χ0v) is 19.3. The lowest BCUT2D eigenvalue weighted by molar-refractivity contribution is 0.636. The van der Waals surface area contributed by atoms with Crippen molar-refractivity contribution < 1.29 is 4.39 Å². The summed E-state index contributed by atoms with van der Waals surface area (Å²) in [6.07, 6.45) is 7.68. The number of rotatable bonds is 6. The summed E-state index contributed by atoms with van der Waals surface area (Å²) in [5, 5.41) is 11.4. The molecule has 2 N–H and O–H groups in total. The van der Waals surface area contributed by atoms with Gasteiger partial charge >= 0.3 is 0 Å². The van der Waals surface area contributed by atoms with Gasteiger partial charge < -0.3 is 10.6 Å². The van der Waals surface area contributed by atoms with Crippen molar-refractivity contribution in [2.75, 3.05) is 18.9 Å². The van der Waals surface area contributed by atoms with Gasteiger partial charge in [-0.15, -0.1) is 0 Å². The minimum Gasteiger partial charge on any atom is -0.379 e. The molecule has 0 aliphatic rings. The third kappa shape index (κ3) is 4.03. The van der Waals surface area contributed by atoms with E-state index in [0.29, 0.717) is 28.6 Å². The molecular weight excluding hydrogens is 451 g/mol. The van der Waals surface area contributed by atoms with Crippen LogP contribution in [0.4, 0.5) is 10.2 Å². The fraction of sp³-hybridized carbons (Fsp3) is 0.167. The molecular formula is C24H21FN8S. The van der Waals surface area contributed by atoms with Crippen LogP contribution in [0.3, 0.4) is 0 Å². The van der Waals surface area contributed by atoms with Crippen LogP contribution in [-0.2, 0) is 0 Å². The number of halogens is 1. The molecule has 0 aliphatic carbocycles. The maximum Gasteiger partial charge on any atom is 0.191 e. The summed E-state index contributed by atoms with van der Waals surface area (Å²) in [7, 11) is 1.82. The number of pyridine rings is 1. The highest BCUT2D eigenvalue weighted by molar-refractivity contribution is 7.80. The molecule has 0 unspecified atom stereocenters. The molecule has 34 heavy (non-hydrogen) atoms. The summed E-state index contributed by atoms with van der Waals surface area (Å²) in [6, 6.07) is 9.92. The normalized spacial score (nSPS) is 12.1. The molecule has 4 heterocycles. The van der Waals surface area contributed by atoms with Crippen LogP contribution in [0.15, 0.2) is 61.4 Å². The molecule has 0 bridgehead atoms. The molecule has 0 amide bonds. The minimum absolute atomic E-state index is 0.151. The van der Waals surface area contributed by atoms with Gasteiger partial charge in [-0.3, -0.25) is 4.98 Å². The van der Waals surface area contributed by atoms with E-state index in [1.807, 2.05) is 31.3 Å². The Hall–Kier alpha value is -4.05. The summed E-state index contributed by atoms with van der Waals surface area (Å²) >= 11 is 5.46. The first-order valence-corrected chi connectivity index (χ1v) is 11.1. The largest absolute Gasteiger partial charge is 0.379 e. The topological polar surface area (TPSA) is 92.9 Å². The summed E-state index contributed by atoms with van der Waals surface area (Å²) in [4.78, 5) is 18.1. The van der Waals surface area contributed by atoms with Crippen LogP contribution in [0.25, 0.3) is 27.8 Å². The highest BCUT2D eigenvalue weighted by atomic mass is 32.1. The second-order valence-corrected chi connectivity index (χ2v) is 8.26. The first-order chi connectivity index (χ1) is 16.5. The van der Waals surface area contributed by atoms with E-state index in [2.05, 4.69) is 48.7 Å². The highest BCUT2D eigenvalue weighted by Gasteiger charge is 2.14. The van der Waals surface area contributed by atoms with Crippen LogP contribution < -0.4 is 10.6 Å². The van der Waals surface area contributed by atoms with Crippen molar-refractivity contribution in [3.8, 4) is 11.3 Å². The maximum atomic E-state index is 13.6. The molecule has 0 fully saturated rings. The van der Waals surface area contributed by atoms with Gasteiger partial charge in [0.25, 0.3) is 0 Å². The molecule has 5 aromatic rings. The molecule has 8 nitrogen and oxygen atoms in total. The summed E-state index contributed by atoms with van der Waals surface area (Å²) < 4.78 is 15.0. The van der Waals surface area contributed by atoms with Crippen LogP contribution in [-0.4, -0.2) is 48.1 Å². The number of benzene rings is 1. The van der Waals surface area contributed by atoms with E-state index in [1.54, 1.807) is 18.6 Å². The van der Waals surface area contributed by atoms with Gasteiger partial charge in [0.05, 0.1) is 17.4 Å². The Bertz CT molecular complexity index is 1520. The lowest BCUT2D eigenvalue weighted by atomic mass is 9.96. The predicted octanol–water partition coefficient (Wildman–Crippen LogP) is 3.98. The number of nitrogens with zero attached hydrogens (tertiary/aromatic N) is 6. The number of para-hydroxylation sites is 1. The molecule has 1 atom stereocenters. The van der Waals surface area contributed by atoms with Crippen molar-refractivity contribution in [3.63, 3.8) is 0 Å². The van der Waals surface area contributed by atoms with Crippen molar-refractivity contribution in [2.24, 2.45) is 0 Å². The van der Waals surface area contributed by atoms with Crippen molar-refractivity contribution >= 4 is 39.6 Å².